The Morgan fingerprint density at radius 2 is 1.85 bits per heavy atom. The fourth-order valence-electron chi connectivity index (χ4n) is 2.61. The molecule has 1 fully saturated rings. The van der Waals surface area contributed by atoms with E-state index in [2.05, 4.69) is 5.32 Å². The number of carbonyl (C=O) groups is 3. The van der Waals surface area contributed by atoms with Crippen LogP contribution in [0.25, 0.3) is 0 Å². The average molecular weight is 388 g/mol. The summed E-state index contributed by atoms with van der Waals surface area (Å²) in [7, 11) is 0. The summed E-state index contributed by atoms with van der Waals surface area (Å²) in [6.07, 6.45) is -0.867. The molecule has 0 radical (unpaired) electrons. The van der Waals surface area contributed by atoms with E-state index in [0.29, 0.717) is 42.4 Å². The number of nitrogens with zero attached hydrogens (tertiary/aromatic N) is 1. The minimum absolute atomic E-state index is 0.204. The molecule has 2 aromatic rings. The molecular weight excluding hydrogens is 368 g/mol. The zero-order valence-electron chi connectivity index (χ0n) is 14.8. The molecule has 1 aromatic heterocycles. The van der Waals surface area contributed by atoms with E-state index in [-0.39, 0.29) is 11.8 Å². The van der Waals surface area contributed by atoms with E-state index in [9.17, 15) is 14.4 Å². The number of thiophene rings is 1. The van der Waals surface area contributed by atoms with Gasteiger partial charge in [-0.1, -0.05) is 6.07 Å². The molecule has 27 heavy (non-hydrogen) atoms. The quantitative estimate of drug-likeness (QED) is 0.795. The number of hydrogen-bond donors (Lipinski definition) is 1. The van der Waals surface area contributed by atoms with Crippen LogP contribution < -0.4 is 5.32 Å². The number of morpholine rings is 1. The van der Waals surface area contributed by atoms with Gasteiger partial charge in [0.1, 0.15) is 0 Å². The second kappa shape index (κ2) is 8.79. The van der Waals surface area contributed by atoms with Gasteiger partial charge in [-0.3, -0.25) is 9.59 Å². The van der Waals surface area contributed by atoms with E-state index in [1.807, 2.05) is 5.38 Å². The fourth-order valence-corrected chi connectivity index (χ4v) is 3.23. The van der Waals surface area contributed by atoms with Crippen molar-refractivity contribution in [2.75, 3.05) is 31.6 Å². The minimum Gasteiger partial charge on any atom is -0.449 e. The number of nitrogens with one attached hydrogen (secondary N) is 1. The number of carbonyl (C=O) groups excluding carboxylic acids is 3. The lowest BCUT2D eigenvalue weighted by atomic mass is 10.2. The van der Waals surface area contributed by atoms with E-state index in [1.165, 1.54) is 11.3 Å². The van der Waals surface area contributed by atoms with Crippen LogP contribution in [0.4, 0.5) is 5.69 Å². The van der Waals surface area contributed by atoms with Crippen LogP contribution in [0.1, 0.15) is 27.0 Å². The Morgan fingerprint density at radius 1 is 1.15 bits per heavy atom. The Balaban J connectivity index is 1.55. The predicted molar refractivity (Wildman–Crippen MR) is 101 cm³/mol. The van der Waals surface area contributed by atoms with Gasteiger partial charge in [-0.2, -0.15) is 0 Å². The van der Waals surface area contributed by atoms with Crippen LogP contribution >= 0.6 is 11.3 Å². The van der Waals surface area contributed by atoms with E-state index in [0.717, 1.165) is 0 Å². The van der Waals surface area contributed by atoms with Crippen LogP contribution in [0.15, 0.2) is 41.8 Å². The summed E-state index contributed by atoms with van der Waals surface area (Å²) in [5.74, 6) is -1.02. The number of ether oxygens (including phenoxy) is 2. The SMILES string of the molecule is CC(OC(=O)c1ccc(NC(=O)c2cccs2)cc1)C(=O)N1CCOCC1. The molecule has 7 nitrogen and oxygen atoms in total. The summed E-state index contributed by atoms with van der Waals surface area (Å²) in [5.41, 5.74) is 0.883. The van der Waals surface area contributed by atoms with Gasteiger partial charge in [-0.15, -0.1) is 11.3 Å². The third-order valence-electron chi connectivity index (χ3n) is 4.08. The Hall–Kier alpha value is -2.71. The first-order valence-electron chi connectivity index (χ1n) is 8.57. The average Bonchev–Trinajstić information content (AvgIpc) is 3.23. The summed E-state index contributed by atoms with van der Waals surface area (Å²) < 4.78 is 10.5. The van der Waals surface area contributed by atoms with Crippen LogP contribution in [-0.2, 0) is 14.3 Å². The molecule has 142 valence electrons. The van der Waals surface area contributed by atoms with Crippen molar-refractivity contribution in [2.24, 2.45) is 0 Å². The summed E-state index contributed by atoms with van der Waals surface area (Å²) in [6, 6.07) is 9.89. The molecule has 8 heteroatoms. The smallest absolute Gasteiger partial charge is 0.338 e. The van der Waals surface area contributed by atoms with E-state index in [4.69, 9.17) is 9.47 Å². The molecule has 0 spiro atoms. The lowest BCUT2D eigenvalue weighted by Crippen LogP contribution is -2.46. The summed E-state index contributed by atoms with van der Waals surface area (Å²) in [6.45, 7) is 3.54. The molecule has 2 heterocycles. The van der Waals surface area contributed by atoms with E-state index in [1.54, 1.807) is 48.2 Å². The summed E-state index contributed by atoms with van der Waals surface area (Å²) in [5, 5.41) is 4.59. The van der Waals surface area contributed by atoms with Crippen molar-refractivity contribution < 1.29 is 23.9 Å². The minimum atomic E-state index is -0.867. The van der Waals surface area contributed by atoms with Gasteiger partial charge in [0.25, 0.3) is 11.8 Å². The second-order valence-electron chi connectivity index (χ2n) is 5.99. The third kappa shape index (κ3) is 4.93. The van der Waals surface area contributed by atoms with Gasteiger partial charge in [-0.25, -0.2) is 4.79 Å². The molecule has 0 aliphatic carbocycles. The van der Waals surface area contributed by atoms with Gasteiger partial charge in [0.05, 0.1) is 23.7 Å². The first-order chi connectivity index (χ1) is 13.0. The number of hydrogen-bond acceptors (Lipinski definition) is 6. The van der Waals surface area contributed by atoms with Gasteiger partial charge < -0.3 is 19.7 Å². The Bertz CT molecular complexity index is 798. The van der Waals surface area contributed by atoms with Crippen molar-refractivity contribution in [3.05, 3.63) is 52.2 Å². The van der Waals surface area contributed by atoms with Crippen molar-refractivity contribution in [2.45, 2.75) is 13.0 Å². The van der Waals surface area contributed by atoms with Crippen molar-refractivity contribution in [1.82, 2.24) is 4.90 Å². The maximum Gasteiger partial charge on any atom is 0.338 e. The highest BCUT2D eigenvalue weighted by Gasteiger charge is 2.25. The monoisotopic (exact) mass is 388 g/mol. The van der Waals surface area contributed by atoms with Crippen LogP contribution in [-0.4, -0.2) is 55.1 Å². The highest BCUT2D eigenvalue weighted by Crippen LogP contribution is 2.15. The normalized spacial score (nSPS) is 15.1. The number of amides is 2. The van der Waals surface area contributed by atoms with Crippen LogP contribution in [0.3, 0.4) is 0 Å². The zero-order valence-corrected chi connectivity index (χ0v) is 15.7. The molecule has 1 N–H and O–H groups in total. The molecule has 1 saturated heterocycles. The number of anilines is 1. The lowest BCUT2D eigenvalue weighted by molar-refractivity contribution is -0.143. The zero-order chi connectivity index (χ0) is 19.2. The molecule has 3 rings (SSSR count). The highest BCUT2D eigenvalue weighted by atomic mass is 32.1. The summed E-state index contributed by atoms with van der Waals surface area (Å²) in [4.78, 5) is 38.8. The van der Waals surface area contributed by atoms with Crippen LogP contribution in [0, 0.1) is 0 Å². The van der Waals surface area contributed by atoms with Gasteiger partial charge >= 0.3 is 5.97 Å². The predicted octanol–water partition coefficient (Wildman–Crippen LogP) is 2.40. The first-order valence-corrected chi connectivity index (χ1v) is 9.45. The van der Waals surface area contributed by atoms with Crippen molar-refractivity contribution >= 4 is 34.8 Å². The number of esters is 1. The Labute approximate surface area is 160 Å². The molecule has 1 aliphatic rings. The molecule has 1 aromatic carbocycles. The topological polar surface area (TPSA) is 84.9 Å². The van der Waals surface area contributed by atoms with Crippen molar-refractivity contribution in [3.8, 4) is 0 Å². The molecule has 1 unspecified atom stereocenters. The van der Waals surface area contributed by atoms with Gasteiger partial charge in [0.2, 0.25) is 0 Å². The molecule has 0 saturated carbocycles. The Kier molecular flexibility index (Phi) is 6.20. The Morgan fingerprint density at radius 3 is 2.48 bits per heavy atom. The van der Waals surface area contributed by atoms with Gasteiger partial charge in [-0.05, 0) is 42.6 Å². The van der Waals surface area contributed by atoms with E-state index < -0.39 is 12.1 Å². The largest absolute Gasteiger partial charge is 0.449 e. The highest BCUT2D eigenvalue weighted by molar-refractivity contribution is 7.12. The number of benzene rings is 1. The maximum atomic E-state index is 12.3. The molecular formula is C19H20N2O5S. The van der Waals surface area contributed by atoms with Crippen LogP contribution in [0.2, 0.25) is 0 Å². The van der Waals surface area contributed by atoms with Crippen molar-refractivity contribution in [3.63, 3.8) is 0 Å². The molecule has 1 aliphatic heterocycles. The summed E-state index contributed by atoms with van der Waals surface area (Å²) >= 11 is 1.35. The van der Waals surface area contributed by atoms with Gasteiger partial charge in [0, 0.05) is 18.8 Å². The third-order valence-corrected chi connectivity index (χ3v) is 4.95. The molecule has 2 amide bonds. The molecule has 0 bridgehead atoms. The fraction of sp³-hybridized carbons (Fsp3) is 0.316. The molecule has 1 atom stereocenters. The lowest BCUT2D eigenvalue weighted by Gasteiger charge is -2.28. The van der Waals surface area contributed by atoms with Crippen molar-refractivity contribution in [1.29, 1.82) is 0 Å². The first kappa shape index (κ1) is 19.1. The second-order valence-corrected chi connectivity index (χ2v) is 6.94. The van der Waals surface area contributed by atoms with Gasteiger partial charge in [0.15, 0.2) is 6.10 Å². The van der Waals surface area contributed by atoms with E-state index >= 15 is 0 Å². The standard InChI is InChI=1S/C19H20N2O5S/c1-13(18(23)21-8-10-25-11-9-21)26-19(24)14-4-6-15(7-5-14)20-17(22)16-3-2-12-27-16/h2-7,12-13H,8-11H2,1H3,(H,20,22). The van der Waals surface area contributed by atoms with Crippen LogP contribution in [0.5, 0.6) is 0 Å². The number of rotatable bonds is 5. The maximum absolute atomic E-state index is 12.3.